The van der Waals surface area contributed by atoms with Crippen molar-refractivity contribution in [3.05, 3.63) is 66.1 Å². The molecule has 3 rings (SSSR count). The van der Waals surface area contributed by atoms with Gasteiger partial charge in [0.2, 0.25) is 0 Å². The third kappa shape index (κ3) is 2.92. The van der Waals surface area contributed by atoms with Crippen molar-refractivity contribution in [2.24, 2.45) is 7.05 Å². The highest BCUT2D eigenvalue weighted by Crippen LogP contribution is 2.32. The molecule has 2 heterocycles. The van der Waals surface area contributed by atoms with Gasteiger partial charge in [-0.1, -0.05) is 38.1 Å². The fraction of sp³-hybridized carbons (Fsp3) is 0.350. The van der Waals surface area contributed by atoms with Crippen LogP contribution in [0.15, 0.2) is 55.0 Å². The molecule has 2 aromatic heterocycles. The molecule has 0 spiro atoms. The van der Waals surface area contributed by atoms with Crippen LogP contribution in [-0.4, -0.2) is 9.55 Å². The van der Waals surface area contributed by atoms with Gasteiger partial charge in [-0.15, -0.1) is 0 Å². The highest BCUT2D eigenvalue weighted by atomic mass is 14.9. The van der Waals surface area contributed by atoms with Crippen molar-refractivity contribution in [3.63, 3.8) is 0 Å². The minimum atomic E-state index is 0.561. The lowest BCUT2D eigenvalue weighted by Gasteiger charge is -2.15. The summed E-state index contributed by atoms with van der Waals surface area (Å²) in [7, 11) is 2.14. The number of para-hydroxylation sites is 1. The number of rotatable bonds is 5. The van der Waals surface area contributed by atoms with Gasteiger partial charge >= 0.3 is 0 Å². The molecule has 0 aliphatic carbocycles. The van der Waals surface area contributed by atoms with E-state index in [-0.39, 0.29) is 0 Å². The van der Waals surface area contributed by atoms with E-state index in [9.17, 15) is 0 Å². The Hall–Kier alpha value is -2.09. The fourth-order valence-electron chi connectivity index (χ4n) is 3.26. The van der Waals surface area contributed by atoms with Crippen LogP contribution in [0, 0.1) is 0 Å². The van der Waals surface area contributed by atoms with E-state index in [1.165, 1.54) is 34.9 Å². The molecule has 0 bridgehead atoms. The summed E-state index contributed by atoms with van der Waals surface area (Å²) in [6.07, 6.45) is 8.52. The van der Waals surface area contributed by atoms with Crippen LogP contribution in [0.5, 0.6) is 0 Å². The van der Waals surface area contributed by atoms with Gasteiger partial charge in [0.25, 0.3) is 0 Å². The maximum absolute atomic E-state index is 4.23. The maximum atomic E-state index is 4.23. The molecule has 2 nitrogen and oxygen atoms in total. The average molecular weight is 292 g/mol. The molecule has 0 saturated heterocycles. The number of nitrogens with zero attached hydrogens (tertiary/aromatic N) is 2. The number of aromatic nitrogens is 2. The van der Waals surface area contributed by atoms with E-state index in [0.29, 0.717) is 11.8 Å². The molecular formula is C20H24N2. The molecule has 2 atom stereocenters. The molecular weight excluding hydrogens is 268 g/mol. The summed E-state index contributed by atoms with van der Waals surface area (Å²) in [5, 5.41) is 1.39. The SMILES string of the molecule is CC(CCC(C)c1cn(C)c2ccccc12)c1cccnc1. The van der Waals surface area contributed by atoms with Crippen LogP contribution in [0.1, 0.15) is 49.7 Å². The molecule has 0 N–H and O–H groups in total. The van der Waals surface area contributed by atoms with Gasteiger partial charge in [-0.3, -0.25) is 4.98 Å². The van der Waals surface area contributed by atoms with Crippen molar-refractivity contribution in [1.29, 1.82) is 0 Å². The van der Waals surface area contributed by atoms with Gasteiger partial charge in [0.15, 0.2) is 0 Å². The lowest BCUT2D eigenvalue weighted by Crippen LogP contribution is -1.99. The second-order valence-electron chi connectivity index (χ2n) is 6.38. The van der Waals surface area contributed by atoms with Gasteiger partial charge in [0.1, 0.15) is 0 Å². The molecule has 3 aromatic rings. The Balaban J connectivity index is 1.73. The number of benzene rings is 1. The van der Waals surface area contributed by atoms with Gasteiger partial charge in [0, 0.05) is 36.5 Å². The summed E-state index contributed by atoms with van der Waals surface area (Å²) in [5.74, 6) is 1.14. The first-order valence-electron chi connectivity index (χ1n) is 8.10. The van der Waals surface area contributed by atoms with Crippen LogP contribution in [0.4, 0.5) is 0 Å². The van der Waals surface area contributed by atoms with Gasteiger partial charge in [-0.05, 0) is 47.9 Å². The molecule has 0 aliphatic heterocycles. The lowest BCUT2D eigenvalue weighted by molar-refractivity contribution is 0.574. The van der Waals surface area contributed by atoms with E-state index in [4.69, 9.17) is 0 Å². The first-order chi connectivity index (χ1) is 10.7. The normalized spacial score (nSPS) is 14.1. The molecule has 0 aliphatic rings. The number of aryl methyl sites for hydroxylation is 1. The average Bonchev–Trinajstić information content (AvgIpc) is 2.91. The van der Waals surface area contributed by atoms with Gasteiger partial charge < -0.3 is 4.57 Å². The number of fused-ring (bicyclic) bond motifs is 1. The number of pyridine rings is 1. The van der Waals surface area contributed by atoms with Crippen molar-refractivity contribution in [1.82, 2.24) is 9.55 Å². The van der Waals surface area contributed by atoms with Crippen molar-refractivity contribution in [2.45, 2.75) is 38.5 Å². The van der Waals surface area contributed by atoms with Gasteiger partial charge in [0.05, 0.1) is 0 Å². The third-order valence-corrected chi connectivity index (χ3v) is 4.74. The number of hydrogen-bond donors (Lipinski definition) is 0. The third-order valence-electron chi connectivity index (χ3n) is 4.74. The summed E-state index contributed by atoms with van der Waals surface area (Å²) < 4.78 is 2.24. The lowest BCUT2D eigenvalue weighted by atomic mass is 9.89. The summed E-state index contributed by atoms with van der Waals surface area (Å²) in [5.41, 5.74) is 4.13. The topological polar surface area (TPSA) is 17.8 Å². The molecule has 1 aromatic carbocycles. The first-order valence-corrected chi connectivity index (χ1v) is 8.10. The minimum absolute atomic E-state index is 0.561. The van der Waals surface area contributed by atoms with E-state index in [1.54, 1.807) is 0 Å². The summed E-state index contributed by atoms with van der Waals surface area (Å²) in [6, 6.07) is 12.9. The van der Waals surface area contributed by atoms with Crippen LogP contribution < -0.4 is 0 Å². The van der Waals surface area contributed by atoms with Crippen molar-refractivity contribution < 1.29 is 0 Å². The first kappa shape index (κ1) is 14.8. The zero-order chi connectivity index (χ0) is 15.5. The maximum Gasteiger partial charge on any atom is 0.0480 e. The second kappa shape index (κ2) is 6.35. The Morgan fingerprint density at radius 1 is 1.00 bits per heavy atom. The monoisotopic (exact) mass is 292 g/mol. The standard InChI is InChI=1S/C20H24N2/c1-15(17-7-6-12-21-13-17)10-11-16(2)19-14-22(3)20-9-5-4-8-18(19)20/h4-9,12-16H,10-11H2,1-3H3. The van der Waals surface area contributed by atoms with Crippen LogP contribution in [0.25, 0.3) is 10.9 Å². The van der Waals surface area contributed by atoms with Crippen LogP contribution in [0.3, 0.4) is 0 Å². The molecule has 114 valence electrons. The summed E-state index contributed by atoms with van der Waals surface area (Å²) in [6.45, 7) is 4.64. The predicted octanol–water partition coefficient (Wildman–Crippen LogP) is 5.26. The Morgan fingerprint density at radius 2 is 1.77 bits per heavy atom. The zero-order valence-electron chi connectivity index (χ0n) is 13.7. The summed E-state index contributed by atoms with van der Waals surface area (Å²) >= 11 is 0. The quantitative estimate of drug-likeness (QED) is 0.627. The van der Waals surface area contributed by atoms with E-state index >= 15 is 0 Å². The zero-order valence-corrected chi connectivity index (χ0v) is 13.7. The van der Waals surface area contributed by atoms with Crippen molar-refractivity contribution >= 4 is 10.9 Å². The van der Waals surface area contributed by atoms with Crippen molar-refractivity contribution in [2.75, 3.05) is 0 Å². The van der Waals surface area contributed by atoms with Crippen LogP contribution in [-0.2, 0) is 7.05 Å². The Bertz CT molecular complexity index is 743. The Kier molecular flexibility index (Phi) is 4.28. The second-order valence-corrected chi connectivity index (χ2v) is 6.38. The van der Waals surface area contributed by atoms with Gasteiger partial charge in [-0.25, -0.2) is 0 Å². The molecule has 0 saturated carbocycles. The van der Waals surface area contributed by atoms with Crippen LogP contribution >= 0.6 is 0 Å². The molecule has 2 unspecified atom stereocenters. The molecule has 0 amide bonds. The Morgan fingerprint density at radius 3 is 2.55 bits per heavy atom. The molecule has 2 heteroatoms. The van der Waals surface area contributed by atoms with E-state index in [0.717, 1.165) is 0 Å². The van der Waals surface area contributed by atoms with Crippen LogP contribution in [0.2, 0.25) is 0 Å². The fourth-order valence-corrected chi connectivity index (χ4v) is 3.26. The highest BCUT2D eigenvalue weighted by Gasteiger charge is 2.14. The molecule has 22 heavy (non-hydrogen) atoms. The van der Waals surface area contributed by atoms with E-state index < -0.39 is 0 Å². The van der Waals surface area contributed by atoms with E-state index in [1.807, 2.05) is 18.5 Å². The van der Waals surface area contributed by atoms with Gasteiger partial charge in [-0.2, -0.15) is 0 Å². The predicted molar refractivity (Wildman–Crippen MR) is 93.2 cm³/mol. The largest absolute Gasteiger partial charge is 0.350 e. The number of hydrogen-bond acceptors (Lipinski definition) is 1. The smallest absolute Gasteiger partial charge is 0.0480 e. The molecule has 0 radical (unpaired) electrons. The highest BCUT2D eigenvalue weighted by molar-refractivity contribution is 5.84. The van der Waals surface area contributed by atoms with Crippen molar-refractivity contribution in [3.8, 4) is 0 Å². The molecule has 0 fully saturated rings. The summed E-state index contributed by atoms with van der Waals surface area (Å²) in [4.78, 5) is 4.23. The minimum Gasteiger partial charge on any atom is -0.350 e. The van der Waals surface area contributed by atoms with E-state index in [2.05, 4.69) is 67.0 Å². The Labute approximate surface area is 132 Å².